The number of rotatable bonds is 5. The predicted octanol–water partition coefficient (Wildman–Crippen LogP) is 2.66. The van der Waals surface area contributed by atoms with Gasteiger partial charge in [0.15, 0.2) is 0 Å². The van der Waals surface area contributed by atoms with Gasteiger partial charge in [0.05, 0.1) is 14.2 Å². The van der Waals surface area contributed by atoms with Crippen molar-refractivity contribution >= 4 is 12.0 Å². The van der Waals surface area contributed by atoms with Crippen molar-refractivity contribution in [3.05, 3.63) is 35.9 Å². The fourth-order valence-electron chi connectivity index (χ4n) is 1.32. The predicted molar refractivity (Wildman–Crippen MR) is 63.3 cm³/mol. The van der Waals surface area contributed by atoms with Gasteiger partial charge in [0.25, 0.3) is 0 Å². The van der Waals surface area contributed by atoms with Gasteiger partial charge in [-0.1, -0.05) is 30.4 Å². The number of para-hydroxylation sites is 1. The fraction of sp³-hybridized carbons (Fsp3) is 0.308. The van der Waals surface area contributed by atoms with Crippen LogP contribution < -0.4 is 4.74 Å². The maximum atomic E-state index is 10.9. The van der Waals surface area contributed by atoms with Crippen LogP contribution in [0.5, 0.6) is 5.75 Å². The summed E-state index contributed by atoms with van der Waals surface area (Å²) in [6.45, 7) is 0. The van der Waals surface area contributed by atoms with Crippen LogP contribution in [0.2, 0.25) is 0 Å². The molecule has 0 aliphatic carbocycles. The van der Waals surface area contributed by atoms with Gasteiger partial charge in [-0.05, 0) is 12.5 Å². The van der Waals surface area contributed by atoms with E-state index in [2.05, 4.69) is 4.74 Å². The molecule has 0 bridgehead atoms. The minimum atomic E-state index is -0.190. The molecular weight excluding hydrogens is 204 g/mol. The van der Waals surface area contributed by atoms with Crippen LogP contribution in [0.1, 0.15) is 18.4 Å². The Morgan fingerprint density at radius 3 is 2.75 bits per heavy atom. The molecule has 0 N–H and O–H groups in total. The summed E-state index contributed by atoms with van der Waals surface area (Å²) in [7, 11) is 3.04. The van der Waals surface area contributed by atoms with E-state index in [1.54, 1.807) is 7.11 Å². The highest BCUT2D eigenvalue weighted by Crippen LogP contribution is 2.18. The zero-order valence-corrected chi connectivity index (χ0v) is 9.60. The Kier molecular flexibility index (Phi) is 5.12. The minimum Gasteiger partial charge on any atom is -0.496 e. The summed E-state index contributed by atoms with van der Waals surface area (Å²) in [6.07, 6.45) is 4.96. The molecule has 16 heavy (non-hydrogen) atoms. The molecule has 3 nitrogen and oxygen atoms in total. The first-order valence-electron chi connectivity index (χ1n) is 5.14. The van der Waals surface area contributed by atoms with Gasteiger partial charge in [-0.3, -0.25) is 4.79 Å². The third-order valence-corrected chi connectivity index (χ3v) is 2.18. The first-order chi connectivity index (χ1) is 7.77. The van der Waals surface area contributed by atoms with Crippen LogP contribution in [0, 0.1) is 0 Å². The van der Waals surface area contributed by atoms with Crippen molar-refractivity contribution in [1.82, 2.24) is 0 Å². The molecule has 0 fully saturated rings. The summed E-state index contributed by atoms with van der Waals surface area (Å²) in [5.74, 6) is 0.640. The highest BCUT2D eigenvalue weighted by Gasteiger charge is 1.98. The number of esters is 1. The number of allylic oxidation sites excluding steroid dienone is 1. The van der Waals surface area contributed by atoms with E-state index < -0.39 is 0 Å². The number of hydrogen-bond acceptors (Lipinski definition) is 3. The maximum absolute atomic E-state index is 10.9. The average Bonchev–Trinajstić information content (AvgIpc) is 2.34. The number of methoxy groups -OCH3 is 2. The van der Waals surface area contributed by atoms with E-state index in [1.165, 1.54) is 7.11 Å². The first kappa shape index (κ1) is 12.3. The molecule has 3 heteroatoms. The van der Waals surface area contributed by atoms with Crippen LogP contribution in [-0.4, -0.2) is 20.2 Å². The maximum Gasteiger partial charge on any atom is 0.305 e. The number of benzene rings is 1. The van der Waals surface area contributed by atoms with Crippen LogP contribution in [0.4, 0.5) is 0 Å². The lowest BCUT2D eigenvalue weighted by Crippen LogP contribution is -1.97. The van der Waals surface area contributed by atoms with Crippen LogP contribution in [0.15, 0.2) is 30.3 Å². The molecule has 0 unspecified atom stereocenters. The molecule has 0 aliphatic heterocycles. The molecule has 0 saturated carbocycles. The molecule has 0 amide bonds. The Morgan fingerprint density at radius 2 is 2.06 bits per heavy atom. The van der Waals surface area contributed by atoms with Crippen LogP contribution in [0.3, 0.4) is 0 Å². The molecule has 1 aromatic rings. The monoisotopic (exact) mass is 220 g/mol. The second kappa shape index (κ2) is 6.67. The Bertz CT molecular complexity index is 369. The van der Waals surface area contributed by atoms with Gasteiger partial charge in [0.1, 0.15) is 5.75 Å². The van der Waals surface area contributed by atoms with Gasteiger partial charge in [-0.15, -0.1) is 0 Å². The number of carbonyl (C=O) groups excluding carboxylic acids is 1. The van der Waals surface area contributed by atoms with E-state index in [9.17, 15) is 4.79 Å². The fourth-order valence-corrected chi connectivity index (χ4v) is 1.32. The zero-order chi connectivity index (χ0) is 11.8. The highest BCUT2D eigenvalue weighted by atomic mass is 16.5. The lowest BCUT2D eigenvalue weighted by molar-refractivity contribution is -0.140. The smallest absolute Gasteiger partial charge is 0.305 e. The molecule has 0 saturated heterocycles. The van der Waals surface area contributed by atoms with Crippen molar-refractivity contribution in [2.45, 2.75) is 12.8 Å². The summed E-state index contributed by atoms with van der Waals surface area (Å²) < 4.78 is 9.75. The Morgan fingerprint density at radius 1 is 1.31 bits per heavy atom. The summed E-state index contributed by atoms with van der Waals surface area (Å²) >= 11 is 0. The SMILES string of the molecule is COC(=O)CC/C=C/c1ccccc1OC. The van der Waals surface area contributed by atoms with Gasteiger partial charge in [-0.25, -0.2) is 0 Å². The van der Waals surface area contributed by atoms with Gasteiger partial charge >= 0.3 is 5.97 Å². The average molecular weight is 220 g/mol. The van der Waals surface area contributed by atoms with Crippen LogP contribution >= 0.6 is 0 Å². The number of ether oxygens (including phenoxy) is 2. The van der Waals surface area contributed by atoms with Gasteiger partial charge < -0.3 is 9.47 Å². The van der Waals surface area contributed by atoms with E-state index in [0.29, 0.717) is 12.8 Å². The van der Waals surface area contributed by atoms with Crippen molar-refractivity contribution in [3.63, 3.8) is 0 Å². The van der Waals surface area contributed by atoms with E-state index in [-0.39, 0.29) is 5.97 Å². The minimum absolute atomic E-state index is 0.190. The van der Waals surface area contributed by atoms with Gasteiger partial charge in [0, 0.05) is 12.0 Å². The van der Waals surface area contributed by atoms with E-state index in [4.69, 9.17) is 4.74 Å². The number of carbonyl (C=O) groups is 1. The van der Waals surface area contributed by atoms with Crippen molar-refractivity contribution in [2.24, 2.45) is 0 Å². The summed E-state index contributed by atoms with van der Waals surface area (Å²) in [5, 5.41) is 0. The Labute approximate surface area is 95.7 Å². The number of hydrogen-bond donors (Lipinski definition) is 0. The highest BCUT2D eigenvalue weighted by molar-refractivity contribution is 5.69. The molecule has 0 spiro atoms. The lowest BCUT2D eigenvalue weighted by atomic mass is 10.1. The standard InChI is InChI=1S/C13H16O3/c1-15-12-9-5-3-7-11(12)8-4-6-10-13(14)16-2/h3-5,7-9H,6,10H2,1-2H3/b8-4+. The van der Waals surface area contributed by atoms with Crippen molar-refractivity contribution in [3.8, 4) is 5.75 Å². The second-order valence-corrected chi connectivity index (χ2v) is 3.26. The topological polar surface area (TPSA) is 35.5 Å². The third-order valence-electron chi connectivity index (χ3n) is 2.18. The first-order valence-corrected chi connectivity index (χ1v) is 5.14. The normalized spacial score (nSPS) is 10.4. The quantitative estimate of drug-likeness (QED) is 0.716. The van der Waals surface area contributed by atoms with Crippen molar-refractivity contribution in [2.75, 3.05) is 14.2 Å². The summed E-state index contributed by atoms with van der Waals surface area (Å²) in [4.78, 5) is 10.9. The van der Waals surface area contributed by atoms with E-state index >= 15 is 0 Å². The molecule has 1 aromatic carbocycles. The van der Waals surface area contributed by atoms with E-state index in [0.717, 1.165) is 11.3 Å². The molecule has 0 atom stereocenters. The Hall–Kier alpha value is -1.77. The van der Waals surface area contributed by atoms with Crippen molar-refractivity contribution in [1.29, 1.82) is 0 Å². The van der Waals surface area contributed by atoms with Crippen molar-refractivity contribution < 1.29 is 14.3 Å². The van der Waals surface area contributed by atoms with Gasteiger partial charge in [0.2, 0.25) is 0 Å². The summed E-state index contributed by atoms with van der Waals surface area (Å²) in [6, 6.07) is 7.74. The Balaban J connectivity index is 2.52. The summed E-state index contributed by atoms with van der Waals surface area (Å²) in [5.41, 5.74) is 1.01. The van der Waals surface area contributed by atoms with Crippen LogP contribution in [-0.2, 0) is 9.53 Å². The second-order valence-electron chi connectivity index (χ2n) is 3.26. The molecule has 0 radical (unpaired) electrons. The van der Waals surface area contributed by atoms with E-state index in [1.807, 2.05) is 36.4 Å². The molecule has 0 heterocycles. The molecule has 0 aliphatic rings. The molecule has 1 rings (SSSR count). The molecule has 0 aromatic heterocycles. The lowest BCUT2D eigenvalue weighted by Gasteiger charge is -2.03. The third kappa shape index (κ3) is 3.77. The molecule has 86 valence electrons. The largest absolute Gasteiger partial charge is 0.496 e. The van der Waals surface area contributed by atoms with Gasteiger partial charge in [-0.2, -0.15) is 0 Å². The van der Waals surface area contributed by atoms with Crippen LogP contribution in [0.25, 0.3) is 6.08 Å². The molecular formula is C13H16O3. The zero-order valence-electron chi connectivity index (χ0n) is 9.60.